The first-order valence-electron chi connectivity index (χ1n) is 12.2. The first kappa shape index (κ1) is 22.8. The molecule has 8 nitrogen and oxygen atoms in total. The number of nitrogens with one attached hydrogen (secondary N) is 1. The summed E-state index contributed by atoms with van der Waals surface area (Å²) in [5.74, 6) is -1.08. The number of carbonyl (C=O) groups is 2. The molecule has 1 spiro atoms. The highest BCUT2D eigenvalue weighted by molar-refractivity contribution is 5.90. The number of hydrogen-bond acceptors (Lipinski definition) is 6. The molecule has 4 fully saturated rings. The Morgan fingerprint density at radius 3 is 2.79 bits per heavy atom. The highest BCUT2D eigenvalue weighted by Crippen LogP contribution is 2.79. The molecule has 5 rings (SSSR count). The van der Waals surface area contributed by atoms with Crippen molar-refractivity contribution in [3.8, 4) is 0 Å². The summed E-state index contributed by atoms with van der Waals surface area (Å²) >= 11 is 0. The topological polar surface area (TPSA) is 105 Å². The minimum atomic E-state index is -0.974. The van der Waals surface area contributed by atoms with Crippen LogP contribution in [0.2, 0.25) is 0 Å². The summed E-state index contributed by atoms with van der Waals surface area (Å²) in [4.78, 5) is 28.3. The molecule has 4 aliphatic rings. The number of aryl methyl sites for hydroxylation is 1. The molecule has 9 heteroatoms. The zero-order valence-corrected chi connectivity index (χ0v) is 19.2. The lowest BCUT2D eigenvalue weighted by atomic mass is 9.63. The number of alkyl halides is 1. The Morgan fingerprint density at radius 2 is 2.15 bits per heavy atom. The molecule has 0 aromatic carbocycles. The van der Waals surface area contributed by atoms with Crippen LogP contribution in [0.25, 0.3) is 0 Å². The zero-order chi connectivity index (χ0) is 23.2. The van der Waals surface area contributed by atoms with E-state index in [1.54, 1.807) is 6.07 Å². The Morgan fingerprint density at radius 1 is 1.33 bits per heavy atom. The number of hydrogen-bond donors (Lipinski definition) is 2. The number of carbonyl (C=O) groups excluding carboxylic acids is 1. The third kappa shape index (κ3) is 3.87. The summed E-state index contributed by atoms with van der Waals surface area (Å²) in [6.07, 6.45) is 4.02. The van der Waals surface area contributed by atoms with Crippen LogP contribution in [-0.4, -0.2) is 66.1 Å². The van der Waals surface area contributed by atoms with E-state index in [0.29, 0.717) is 44.9 Å². The number of halogens is 1. The third-order valence-electron chi connectivity index (χ3n) is 8.82. The molecule has 1 aromatic heterocycles. The van der Waals surface area contributed by atoms with Gasteiger partial charge in [-0.15, -0.1) is 0 Å². The van der Waals surface area contributed by atoms with Gasteiger partial charge in [-0.25, -0.2) is 4.39 Å². The molecule has 33 heavy (non-hydrogen) atoms. The third-order valence-corrected chi connectivity index (χ3v) is 8.82. The number of carboxylic acid groups (broad SMARTS) is 1. The first-order valence-corrected chi connectivity index (χ1v) is 12.2. The minimum absolute atomic E-state index is 0.00884. The highest BCUT2D eigenvalue weighted by atomic mass is 19.1. The minimum Gasteiger partial charge on any atom is -0.481 e. The summed E-state index contributed by atoms with van der Waals surface area (Å²) in [5, 5.41) is 17.1. The quantitative estimate of drug-likeness (QED) is 0.514. The fourth-order valence-corrected chi connectivity index (χ4v) is 7.38. The number of nitrogens with zero attached hydrogens (tertiary/aromatic N) is 2. The van der Waals surface area contributed by atoms with Crippen LogP contribution in [0, 0.1) is 35.5 Å². The van der Waals surface area contributed by atoms with Crippen molar-refractivity contribution >= 4 is 11.9 Å². The van der Waals surface area contributed by atoms with Crippen molar-refractivity contribution in [3.63, 3.8) is 0 Å². The number of amides is 1. The van der Waals surface area contributed by atoms with Crippen molar-refractivity contribution in [2.75, 3.05) is 32.8 Å². The second-order valence-corrected chi connectivity index (χ2v) is 10.5. The molecule has 1 aromatic rings. The molecule has 0 radical (unpaired) electrons. The van der Waals surface area contributed by atoms with Crippen LogP contribution in [-0.2, 0) is 20.9 Å². The average molecular weight is 464 g/mol. The summed E-state index contributed by atoms with van der Waals surface area (Å²) in [6, 6.07) is 1.77. The summed E-state index contributed by atoms with van der Waals surface area (Å²) in [5.41, 5.74) is -0.230. The van der Waals surface area contributed by atoms with Gasteiger partial charge in [-0.2, -0.15) is 0 Å². The number of rotatable bonds is 10. The maximum atomic E-state index is 13.7. The number of ether oxygens (including phenoxy) is 1. The lowest BCUT2D eigenvalue weighted by molar-refractivity contribution is -0.158. The maximum Gasteiger partial charge on any atom is 0.307 e. The maximum absolute atomic E-state index is 13.7. The Balaban J connectivity index is 1.29. The van der Waals surface area contributed by atoms with Crippen LogP contribution in [0.1, 0.15) is 50.0 Å². The van der Waals surface area contributed by atoms with Crippen molar-refractivity contribution in [2.24, 2.45) is 28.6 Å². The monoisotopic (exact) mass is 463 g/mol. The number of carboxylic acids is 1. The van der Waals surface area contributed by atoms with Crippen LogP contribution < -0.4 is 5.32 Å². The summed E-state index contributed by atoms with van der Waals surface area (Å²) in [6.45, 7) is 4.64. The second kappa shape index (κ2) is 8.65. The normalized spacial score (nSPS) is 34.2. The Kier molecular flexibility index (Phi) is 5.97. The Labute approximate surface area is 193 Å². The molecule has 1 aliphatic heterocycles. The first-order chi connectivity index (χ1) is 15.9. The zero-order valence-electron chi connectivity index (χ0n) is 19.2. The molecule has 3 saturated carbocycles. The summed E-state index contributed by atoms with van der Waals surface area (Å²) in [7, 11) is 0. The Bertz CT molecular complexity index is 902. The van der Waals surface area contributed by atoms with Gasteiger partial charge in [0, 0.05) is 32.3 Å². The molecular weight excluding hydrogens is 429 g/mol. The lowest BCUT2D eigenvalue weighted by Crippen LogP contribution is -2.52. The van der Waals surface area contributed by atoms with Gasteiger partial charge in [0.05, 0.1) is 30.2 Å². The van der Waals surface area contributed by atoms with Crippen LogP contribution >= 0.6 is 0 Å². The predicted molar refractivity (Wildman–Crippen MR) is 116 cm³/mol. The van der Waals surface area contributed by atoms with Gasteiger partial charge in [-0.1, -0.05) is 5.16 Å². The van der Waals surface area contributed by atoms with Crippen molar-refractivity contribution in [1.29, 1.82) is 0 Å². The van der Waals surface area contributed by atoms with Gasteiger partial charge in [0.2, 0.25) is 5.91 Å². The number of aromatic nitrogens is 1. The van der Waals surface area contributed by atoms with E-state index in [0.717, 1.165) is 37.9 Å². The van der Waals surface area contributed by atoms with Crippen LogP contribution in [0.3, 0.4) is 0 Å². The molecule has 0 unspecified atom stereocenters. The molecule has 2 bridgehead atoms. The molecule has 3 aliphatic carbocycles. The van der Waals surface area contributed by atoms with E-state index >= 15 is 0 Å². The van der Waals surface area contributed by atoms with Gasteiger partial charge >= 0.3 is 5.97 Å². The van der Waals surface area contributed by atoms with Gasteiger partial charge in [0.25, 0.3) is 0 Å². The van der Waals surface area contributed by atoms with Crippen molar-refractivity contribution in [3.05, 3.63) is 17.5 Å². The van der Waals surface area contributed by atoms with E-state index < -0.39 is 23.5 Å². The summed E-state index contributed by atoms with van der Waals surface area (Å²) < 4.78 is 24.5. The van der Waals surface area contributed by atoms with Crippen LogP contribution in [0.5, 0.6) is 0 Å². The highest BCUT2D eigenvalue weighted by Gasteiger charge is 2.77. The van der Waals surface area contributed by atoms with Crippen LogP contribution in [0.15, 0.2) is 10.6 Å². The standard InChI is InChI=1S/C24H34FN3O5/c1-15-12-17(33-27-15)13-26-22(31)24(7-10-32-11-9-28-8-4-16(25)14-28)19-3-2-18(20(24)21(29)30)23(19)5-6-23/h12,16,18-20H,2-11,13-14H2,1H3,(H,26,31)(H,29,30)/t16-,18+,19-,20-,24+/m0/s1. The van der Waals surface area contributed by atoms with Gasteiger partial charge < -0.3 is 19.7 Å². The van der Waals surface area contributed by atoms with E-state index in [4.69, 9.17) is 9.26 Å². The molecular formula is C24H34FN3O5. The van der Waals surface area contributed by atoms with E-state index in [2.05, 4.69) is 10.5 Å². The molecule has 2 N–H and O–H groups in total. The van der Waals surface area contributed by atoms with E-state index in [1.807, 2.05) is 11.8 Å². The lowest BCUT2D eigenvalue weighted by Gasteiger charge is -2.40. The largest absolute Gasteiger partial charge is 0.481 e. The number of aliphatic carboxylic acids is 1. The van der Waals surface area contributed by atoms with E-state index in [1.165, 1.54) is 0 Å². The van der Waals surface area contributed by atoms with Crippen LogP contribution in [0.4, 0.5) is 4.39 Å². The van der Waals surface area contributed by atoms with Crippen molar-refractivity contribution in [2.45, 2.75) is 58.2 Å². The molecule has 2 heterocycles. The number of likely N-dealkylation sites (tertiary alicyclic amines) is 1. The molecule has 1 saturated heterocycles. The van der Waals surface area contributed by atoms with E-state index in [-0.39, 0.29) is 29.7 Å². The second-order valence-electron chi connectivity index (χ2n) is 10.5. The van der Waals surface area contributed by atoms with Crippen molar-refractivity contribution < 1.29 is 28.3 Å². The smallest absolute Gasteiger partial charge is 0.307 e. The molecule has 1 amide bonds. The Hall–Kier alpha value is -2.00. The average Bonchev–Trinajstić information content (AvgIpc) is 3.01. The predicted octanol–water partition coefficient (Wildman–Crippen LogP) is 2.56. The fourth-order valence-electron chi connectivity index (χ4n) is 7.38. The molecule has 182 valence electrons. The van der Waals surface area contributed by atoms with Gasteiger partial charge in [0.1, 0.15) is 6.17 Å². The van der Waals surface area contributed by atoms with Gasteiger partial charge in [-0.3, -0.25) is 14.5 Å². The van der Waals surface area contributed by atoms with E-state index in [9.17, 15) is 19.1 Å². The van der Waals surface area contributed by atoms with Crippen molar-refractivity contribution in [1.82, 2.24) is 15.4 Å². The van der Waals surface area contributed by atoms with Gasteiger partial charge in [0.15, 0.2) is 5.76 Å². The molecule has 5 atom stereocenters. The van der Waals surface area contributed by atoms with Gasteiger partial charge in [-0.05, 0) is 62.7 Å². The SMILES string of the molecule is Cc1cc(CNC(=O)[C@@]2(CCOCCN3CC[C@H](F)C3)[C@H](C(=O)O)[C@H]3CC[C@H]2C32CC2)on1. The fraction of sp³-hybridized carbons (Fsp3) is 0.792.